The molecule has 0 aromatic heterocycles. The minimum atomic E-state index is -5.08. The fourth-order valence-electron chi connectivity index (χ4n) is 3.84. The highest BCUT2D eigenvalue weighted by molar-refractivity contribution is 5.80. The van der Waals surface area contributed by atoms with Gasteiger partial charge in [0.2, 0.25) is 5.91 Å². The molecule has 180 valence electrons. The van der Waals surface area contributed by atoms with Crippen LogP contribution in [0.15, 0.2) is 18.2 Å². The summed E-state index contributed by atoms with van der Waals surface area (Å²) >= 11 is 0. The van der Waals surface area contributed by atoms with Crippen molar-refractivity contribution in [1.82, 2.24) is 9.80 Å². The summed E-state index contributed by atoms with van der Waals surface area (Å²) in [5.41, 5.74) is 0.448. The molecule has 0 saturated carbocycles. The number of carboxylic acid groups (broad SMARTS) is 1. The van der Waals surface area contributed by atoms with Gasteiger partial charge in [0.15, 0.2) is 0 Å². The van der Waals surface area contributed by atoms with Crippen molar-refractivity contribution in [2.24, 2.45) is 5.41 Å². The molecule has 1 atom stereocenters. The third kappa shape index (κ3) is 6.80. The molecule has 1 spiro atoms. The smallest absolute Gasteiger partial charge is 0.490 e. The van der Waals surface area contributed by atoms with Crippen LogP contribution in [0.5, 0.6) is 5.75 Å². The lowest BCUT2D eigenvalue weighted by Gasteiger charge is -2.32. The highest BCUT2D eigenvalue weighted by Gasteiger charge is 2.46. The van der Waals surface area contributed by atoms with Gasteiger partial charge in [-0.2, -0.15) is 13.2 Å². The van der Waals surface area contributed by atoms with Crippen molar-refractivity contribution < 1.29 is 41.7 Å². The Balaban J connectivity index is 0.000000451. The van der Waals surface area contributed by atoms with E-state index < -0.39 is 12.1 Å². The van der Waals surface area contributed by atoms with Gasteiger partial charge >= 0.3 is 12.1 Å². The first-order chi connectivity index (χ1) is 14.9. The lowest BCUT2D eigenvalue weighted by atomic mass is 9.87. The number of halogens is 4. The average molecular weight is 464 g/mol. The van der Waals surface area contributed by atoms with Crippen molar-refractivity contribution in [2.45, 2.75) is 39.0 Å². The number of ether oxygens (including phenoxy) is 2. The Labute approximate surface area is 183 Å². The molecule has 0 bridgehead atoms. The zero-order chi connectivity index (χ0) is 24.1. The molecule has 3 rings (SSSR count). The molecule has 2 aliphatic heterocycles. The second kappa shape index (κ2) is 10.5. The summed E-state index contributed by atoms with van der Waals surface area (Å²) in [4.78, 5) is 25.4. The third-order valence-electron chi connectivity index (χ3n) is 5.39. The van der Waals surface area contributed by atoms with Gasteiger partial charge in [0.25, 0.3) is 0 Å². The number of benzene rings is 1. The van der Waals surface area contributed by atoms with Gasteiger partial charge in [-0.3, -0.25) is 9.69 Å². The number of likely N-dealkylation sites (tertiary alicyclic amines) is 1. The van der Waals surface area contributed by atoms with Crippen LogP contribution in [-0.4, -0.2) is 79.0 Å². The van der Waals surface area contributed by atoms with Crippen molar-refractivity contribution in [3.05, 3.63) is 29.6 Å². The zero-order valence-corrected chi connectivity index (χ0v) is 18.2. The second-order valence-corrected chi connectivity index (χ2v) is 8.32. The first-order valence-corrected chi connectivity index (χ1v) is 10.1. The number of aliphatic carboxylic acids is 1. The van der Waals surface area contributed by atoms with Crippen LogP contribution in [0.2, 0.25) is 0 Å². The van der Waals surface area contributed by atoms with E-state index in [-0.39, 0.29) is 23.2 Å². The summed E-state index contributed by atoms with van der Waals surface area (Å²) in [6.07, 6.45) is -4.58. The molecule has 2 heterocycles. The largest absolute Gasteiger partial charge is 0.497 e. The Morgan fingerprint density at radius 3 is 2.47 bits per heavy atom. The van der Waals surface area contributed by atoms with Crippen molar-refractivity contribution in [1.29, 1.82) is 0 Å². The lowest BCUT2D eigenvalue weighted by Crippen LogP contribution is -2.41. The first kappa shape index (κ1) is 25.9. The number of alkyl halides is 3. The third-order valence-corrected chi connectivity index (χ3v) is 5.39. The Kier molecular flexibility index (Phi) is 8.47. The monoisotopic (exact) mass is 464 g/mol. The maximum Gasteiger partial charge on any atom is 0.490 e. The highest BCUT2D eigenvalue weighted by Crippen LogP contribution is 2.35. The molecule has 1 aromatic rings. The Morgan fingerprint density at radius 2 is 1.97 bits per heavy atom. The Hall–Kier alpha value is -2.40. The number of carbonyl (C=O) groups is 2. The van der Waals surface area contributed by atoms with Gasteiger partial charge < -0.3 is 19.5 Å². The topological polar surface area (TPSA) is 79.3 Å². The van der Waals surface area contributed by atoms with Crippen molar-refractivity contribution in [3.8, 4) is 5.75 Å². The fourth-order valence-corrected chi connectivity index (χ4v) is 3.84. The number of amides is 1. The van der Waals surface area contributed by atoms with Crippen LogP contribution in [-0.2, 0) is 20.9 Å². The van der Waals surface area contributed by atoms with Crippen LogP contribution in [0.1, 0.15) is 25.8 Å². The Bertz CT molecular complexity index is 818. The van der Waals surface area contributed by atoms with Gasteiger partial charge in [0.05, 0.1) is 20.3 Å². The zero-order valence-electron chi connectivity index (χ0n) is 18.2. The molecule has 1 aromatic carbocycles. The first-order valence-electron chi connectivity index (χ1n) is 10.1. The van der Waals surface area contributed by atoms with E-state index in [4.69, 9.17) is 19.4 Å². The molecule has 2 aliphatic rings. The number of methoxy groups -OCH3 is 1. The summed E-state index contributed by atoms with van der Waals surface area (Å²) in [5, 5.41) is 7.12. The molecular formula is C21H28F4N2O5. The molecule has 0 radical (unpaired) electrons. The fraction of sp³-hybridized carbons (Fsp3) is 0.619. The summed E-state index contributed by atoms with van der Waals surface area (Å²) in [6, 6.07) is 5.16. The summed E-state index contributed by atoms with van der Waals surface area (Å²) in [5.74, 6) is -2.31. The predicted molar refractivity (Wildman–Crippen MR) is 107 cm³/mol. The number of hydrogen-bond donors (Lipinski definition) is 1. The van der Waals surface area contributed by atoms with E-state index in [9.17, 15) is 22.4 Å². The van der Waals surface area contributed by atoms with Crippen LogP contribution < -0.4 is 4.74 Å². The maximum atomic E-state index is 14.3. The summed E-state index contributed by atoms with van der Waals surface area (Å²) < 4.78 is 56.9. The molecule has 11 heteroatoms. The SMILES string of the molecule is COc1ccc(CN2CCOCC3(CC(=O)N(C(C)C)C3)C2)c(F)c1.O=C(O)C(F)(F)F. The molecule has 1 N–H and O–H groups in total. The summed E-state index contributed by atoms with van der Waals surface area (Å²) in [6.45, 7) is 7.98. The summed E-state index contributed by atoms with van der Waals surface area (Å²) in [7, 11) is 1.53. The van der Waals surface area contributed by atoms with E-state index in [1.54, 1.807) is 12.1 Å². The minimum absolute atomic E-state index is 0.191. The molecule has 1 amide bonds. The molecule has 2 saturated heterocycles. The number of carbonyl (C=O) groups excluding carboxylic acids is 1. The van der Waals surface area contributed by atoms with Crippen LogP contribution in [0, 0.1) is 11.2 Å². The quantitative estimate of drug-likeness (QED) is 0.691. The molecule has 32 heavy (non-hydrogen) atoms. The molecular weight excluding hydrogens is 436 g/mol. The number of nitrogens with zero attached hydrogens (tertiary/aromatic N) is 2. The van der Waals surface area contributed by atoms with E-state index in [0.717, 1.165) is 13.1 Å². The second-order valence-electron chi connectivity index (χ2n) is 8.32. The van der Waals surface area contributed by atoms with Gasteiger partial charge in [-0.1, -0.05) is 6.07 Å². The molecule has 7 nitrogen and oxygen atoms in total. The molecule has 1 unspecified atom stereocenters. The van der Waals surface area contributed by atoms with Crippen LogP contribution in [0.4, 0.5) is 17.6 Å². The van der Waals surface area contributed by atoms with Gasteiger partial charge in [0, 0.05) is 55.7 Å². The molecule has 2 fully saturated rings. The normalized spacial score (nSPS) is 22.0. The number of carboxylic acids is 1. The van der Waals surface area contributed by atoms with E-state index in [2.05, 4.69) is 4.90 Å². The van der Waals surface area contributed by atoms with Crippen LogP contribution in [0.3, 0.4) is 0 Å². The standard InChI is InChI=1S/C19H27FN2O3.C2HF3O2/c1-14(2)22-12-19(9-18(22)23)11-21(6-7-25-13-19)10-15-4-5-16(24-3)8-17(15)20;3-2(4,5)1(6)7/h4-5,8,14H,6-7,9-13H2,1-3H3;(H,6,7). The van der Waals surface area contributed by atoms with Crippen molar-refractivity contribution in [3.63, 3.8) is 0 Å². The van der Waals surface area contributed by atoms with Gasteiger partial charge in [-0.15, -0.1) is 0 Å². The highest BCUT2D eigenvalue weighted by atomic mass is 19.4. The molecule has 0 aliphatic carbocycles. The number of rotatable bonds is 4. The van der Waals surface area contributed by atoms with Crippen LogP contribution >= 0.6 is 0 Å². The van der Waals surface area contributed by atoms with E-state index in [0.29, 0.717) is 44.0 Å². The van der Waals surface area contributed by atoms with Crippen LogP contribution in [0.25, 0.3) is 0 Å². The Morgan fingerprint density at radius 1 is 1.31 bits per heavy atom. The van der Waals surface area contributed by atoms with E-state index >= 15 is 0 Å². The van der Waals surface area contributed by atoms with Gasteiger partial charge in [-0.05, 0) is 19.9 Å². The van der Waals surface area contributed by atoms with Gasteiger partial charge in [0.1, 0.15) is 11.6 Å². The van der Waals surface area contributed by atoms with Gasteiger partial charge in [-0.25, -0.2) is 9.18 Å². The van der Waals surface area contributed by atoms with Crippen molar-refractivity contribution in [2.75, 3.05) is 40.0 Å². The number of hydrogen-bond acceptors (Lipinski definition) is 5. The predicted octanol–water partition coefficient (Wildman–Crippen LogP) is 2.93. The van der Waals surface area contributed by atoms with E-state index in [1.165, 1.54) is 13.2 Å². The van der Waals surface area contributed by atoms with E-state index in [1.807, 2.05) is 18.7 Å². The average Bonchev–Trinajstić information content (AvgIpc) is 2.89. The lowest BCUT2D eigenvalue weighted by molar-refractivity contribution is -0.192. The minimum Gasteiger partial charge on any atom is -0.497 e. The van der Waals surface area contributed by atoms with Crippen molar-refractivity contribution >= 4 is 11.9 Å². The maximum absolute atomic E-state index is 14.3.